The van der Waals surface area contributed by atoms with Gasteiger partial charge in [0.1, 0.15) is 29.6 Å². The summed E-state index contributed by atoms with van der Waals surface area (Å²) in [7, 11) is 0. The number of likely N-dealkylation sites (tertiary alicyclic amines) is 1. The van der Waals surface area contributed by atoms with Gasteiger partial charge >= 0.3 is 0 Å². The summed E-state index contributed by atoms with van der Waals surface area (Å²) >= 11 is 0. The molecule has 3 amide bonds. The lowest BCUT2D eigenvalue weighted by Crippen LogP contribution is -2.58. The van der Waals surface area contributed by atoms with Gasteiger partial charge in [-0.3, -0.25) is 14.4 Å². The van der Waals surface area contributed by atoms with Gasteiger partial charge in [-0.15, -0.1) is 18.3 Å². The number of hydrogen-bond acceptors (Lipinski definition) is 8. The average molecular weight is 643 g/mol. The standard InChI is InChI=1S/C35H42N6O6/c1-6-19-38(22-40-27-12-10-9-11-26(27)36-37-40)33(45)30-35-18-17-34(5,47-35)28(29(35)32(44)41(30)23(4)21-42)31(43)39(20-7-2)24-13-15-25(16-14-24)46-8-3/h6-7,9-16,23,28-30,42H,1-2,8,17-22H2,3-5H3/t23-,28+,29+,30?,34-,35?/m1/s1. The molecule has 1 N–H and O–H groups in total. The van der Waals surface area contributed by atoms with E-state index in [0.717, 1.165) is 5.52 Å². The Hall–Kier alpha value is -4.55. The van der Waals surface area contributed by atoms with Crippen LogP contribution in [0.5, 0.6) is 5.75 Å². The Kier molecular flexibility index (Phi) is 8.66. The quantitative estimate of drug-likeness (QED) is 0.282. The van der Waals surface area contributed by atoms with E-state index in [1.807, 2.05) is 50.2 Å². The van der Waals surface area contributed by atoms with Gasteiger partial charge in [-0.05, 0) is 70.0 Å². The van der Waals surface area contributed by atoms with E-state index in [1.54, 1.807) is 45.7 Å². The highest BCUT2D eigenvalue weighted by atomic mass is 16.5. The number of anilines is 1. The van der Waals surface area contributed by atoms with Crippen molar-refractivity contribution in [2.45, 2.75) is 63.6 Å². The second-order valence-electron chi connectivity index (χ2n) is 12.7. The van der Waals surface area contributed by atoms with Crippen LogP contribution in [0, 0.1) is 11.8 Å². The number of aliphatic hydroxyl groups excluding tert-OH is 1. The summed E-state index contributed by atoms with van der Waals surface area (Å²) in [6, 6.07) is 12.9. The van der Waals surface area contributed by atoms with Crippen LogP contribution in [-0.2, 0) is 25.8 Å². The van der Waals surface area contributed by atoms with Gasteiger partial charge in [0, 0.05) is 18.8 Å². The first kappa shape index (κ1) is 32.4. The number of rotatable bonds is 13. The third-order valence-electron chi connectivity index (χ3n) is 9.88. The number of fused-ring (bicyclic) bond motifs is 2. The van der Waals surface area contributed by atoms with Crippen molar-refractivity contribution in [3.8, 4) is 5.75 Å². The van der Waals surface area contributed by atoms with Crippen molar-refractivity contribution in [2.75, 3.05) is 31.2 Å². The summed E-state index contributed by atoms with van der Waals surface area (Å²) < 4.78 is 14.1. The molecular weight excluding hydrogens is 600 g/mol. The molecule has 3 aliphatic heterocycles. The number of ether oxygens (including phenoxy) is 2. The predicted octanol–water partition coefficient (Wildman–Crippen LogP) is 3.17. The molecule has 47 heavy (non-hydrogen) atoms. The maximum Gasteiger partial charge on any atom is 0.250 e. The summed E-state index contributed by atoms with van der Waals surface area (Å²) in [6.45, 7) is 13.8. The van der Waals surface area contributed by atoms with Crippen molar-refractivity contribution in [2.24, 2.45) is 11.8 Å². The molecule has 4 heterocycles. The zero-order valence-electron chi connectivity index (χ0n) is 27.1. The van der Waals surface area contributed by atoms with Crippen LogP contribution in [-0.4, -0.2) is 97.2 Å². The monoisotopic (exact) mass is 642 g/mol. The molecular formula is C35H42N6O6. The van der Waals surface area contributed by atoms with Crippen molar-refractivity contribution in [1.82, 2.24) is 24.8 Å². The van der Waals surface area contributed by atoms with Crippen molar-refractivity contribution in [1.29, 1.82) is 0 Å². The first-order valence-electron chi connectivity index (χ1n) is 16.1. The Bertz CT molecular complexity index is 1690. The fraction of sp³-hybridized carbons (Fsp3) is 0.457. The lowest BCUT2D eigenvalue weighted by Gasteiger charge is -2.38. The van der Waals surface area contributed by atoms with E-state index in [-0.39, 0.29) is 44.1 Å². The Morgan fingerprint density at radius 1 is 1.13 bits per heavy atom. The molecule has 12 nitrogen and oxygen atoms in total. The number of hydrogen-bond donors (Lipinski definition) is 1. The van der Waals surface area contributed by atoms with Gasteiger partial charge in [0.15, 0.2) is 0 Å². The molecule has 6 rings (SSSR count). The maximum atomic E-state index is 14.8. The molecule has 3 fully saturated rings. The van der Waals surface area contributed by atoms with Crippen LogP contribution in [0.3, 0.4) is 0 Å². The molecule has 3 aromatic rings. The Morgan fingerprint density at radius 2 is 1.85 bits per heavy atom. The third kappa shape index (κ3) is 5.19. The van der Waals surface area contributed by atoms with E-state index in [4.69, 9.17) is 9.47 Å². The van der Waals surface area contributed by atoms with E-state index in [1.165, 1.54) is 4.90 Å². The molecule has 1 spiro atoms. The van der Waals surface area contributed by atoms with Crippen LogP contribution < -0.4 is 9.64 Å². The number of benzene rings is 2. The highest BCUT2D eigenvalue weighted by Crippen LogP contribution is 2.64. The van der Waals surface area contributed by atoms with Gasteiger partial charge in [0.05, 0.1) is 42.2 Å². The van der Waals surface area contributed by atoms with Crippen molar-refractivity contribution in [3.63, 3.8) is 0 Å². The molecule has 6 atom stereocenters. The number of para-hydroxylation sites is 1. The second kappa shape index (κ2) is 12.6. The smallest absolute Gasteiger partial charge is 0.250 e. The summed E-state index contributed by atoms with van der Waals surface area (Å²) in [5, 5.41) is 18.8. The summed E-state index contributed by atoms with van der Waals surface area (Å²) in [5.41, 5.74) is -0.182. The number of aromatic nitrogens is 3. The number of nitrogens with zero attached hydrogens (tertiary/aromatic N) is 6. The van der Waals surface area contributed by atoms with Crippen molar-refractivity contribution in [3.05, 3.63) is 73.8 Å². The van der Waals surface area contributed by atoms with E-state index in [9.17, 15) is 19.5 Å². The molecule has 0 aliphatic carbocycles. The van der Waals surface area contributed by atoms with Crippen LogP contribution in [0.15, 0.2) is 73.8 Å². The fourth-order valence-corrected chi connectivity index (χ4v) is 7.82. The topological polar surface area (TPSA) is 130 Å². The number of carbonyl (C=O) groups excluding carboxylic acids is 3. The van der Waals surface area contributed by atoms with Gasteiger partial charge in [-0.2, -0.15) is 0 Å². The highest BCUT2D eigenvalue weighted by Gasteiger charge is 2.78. The van der Waals surface area contributed by atoms with E-state index < -0.39 is 35.1 Å². The lowest BCUT2D eigenvalue weighted by atomic mass is 9.66. The van der Waals surface area contributed by atoms with Crippen molar-refractivity contribution < 1.29 is 29.0 Å². The molecule has 0 saturated carbocycles. The van der Waals surface area contributed by atoms with Crippen LogP contribution in [0.2, 0.25) is 0 Å². The minimum absolute atomic E-state index is 0.0582. The number of aliphatic hydroxyl groups is 1. The Labute approximate surface area is 274 Å². The largest absolute Gasteiger partial charge is 0.494 e. The van der Waals surface area contributed by atoms with Crippen molar-refractivity contribution >= 4 is 34.4 Å². The highest BCUT2D eigenvalue weighted by molar-refractivity contribution is 6.03. The van der Waals surface area contributed by atoms with Crippen LogP contribution >= 0.6 is 0 Å². The first-order chi connectivity index (χ1) is 22.6. The molecule has 2 aromatic carbocycles. The van der Waals surface area contributed by atoms with Gasteiger partial charge in [-0.1, -0.05) is 29.5 Å². The lowest BCUT2D eigenvalue weighted by molar-refractivity contribution is -0.155. The summed E-state index contributed by atoms with van der Waals surface area (Å²) in [5.74, 6) is -2.13. The van der Waals surface area contributed by atoms with Gasteiger partial charge < -0.3 is 29.3 Å². The molecule has 12 heteroatoms. The molecule has 3 saturated heterocycles. The molecule has 1 aromatic heterocycles. The molecule has 2 bridgehead atoms. The van der Waals surface area contributed by atoms with Gasteiger partial charge in [-0.25, -0.2) is 4.68 Å². The van der Waals surface area contributed by atoms with Gasteiger partial charge in [0.2, 0.25) is 17.7 Å². The number of carbonyl (C=O) groups is 3. The fourth-order valence-electron chi connectivity index (χ4n) is 7.82. The maximum absolute atomic E-state index is 14.8. The zero-order valence-corrected chi connectivity index (χ0v) is 27.1. The van der Waals surface area contributed by atoms with E-state index >= 15 is 0 Å². The minimum atomic E-state index is -1.27. The summed E-state index contributed by atoms with van der Waals surface area (Å²) in [6.07, 6.45) is 4.16. The van der Waals surface area contributed by atoms with Crippen LogP contribution in [0.25, 0.3) is 11.0 Å². The van der Waals surface area contributed by atoms with Gasteiger partial charge in [0.25, 0.3) is 0 Å². The first-order valence-corrected chi connectivity index (χ1v) is 16.1. The minimum Gasteiger partial charge on any atom is -0.494 e. The van der Waals surface area contributed by atoms with Crippen LogP contribution in [0.1, 0.15) is 33.6 Å². The predicted molar refractivity (Wildman–Crippen MR) is 175 cm³/mol. The van der Waals surface area contributed by atoms with E-state index in [0.29, 0.717) is 36.4 Å². The average Bonchev–Trinajstić information content (AvgIpc) is 3.78. The Morgan fingerprint density at radius 3 is 2.53 bits per heavy atom. The normalized spacial score (nSPS) is 26.7. The molecule has 3 aliphatic rings. The molecule has 248 valence electrons. The van der Waals surface area contributed by atoms with E-state index in [2.05, 4.69) is 23.5 Å². The second-order valence-corrected chi connectivity index (χ2v) is 12.7. The zero-order chi connectivity index (χ0) is 33.5. The summed E-state index contributed by atoms with van der Waals surface area (Å²) in [4.78, 5) is 48.6. The SMILES string of the molecule is C=CCN(Cn1nnc2ccccc21)C(=O)C1N([C@H](C)CO)C(=O)[C@@H]2[C@@H](C(=O)N(CC=C)c3ccc(OCC)cc3)[C@@]3(C)CCC12O3. The molecule has 0 radical (unpaired) electrons. The number of amides is 3. The van der Waals surface area contributed by atoms with Crippen LogP contribution in [0.4, 0.5) is 5.69 Å². The Balaban J connectivity index is 1.38. The third-order valence-corrected chi connectivity index (χ3v) is 9.88. The molecule has 2 unspecified atom stereocenters.